The molecule has 9 nitrogen and oxygen atoms in total. The van der Waals surface area contributed by atoms with Gasteiger partial charge in [-0.1, -0.05) is 0 Å². The molecular formula is C15H24N4O5. The maximum absolute atomic E-state index is 12.1. The number of aromatic nitrogens is 2. The third-order valence-corrected chi connectivity index (χ3v) is 3.98. The van der Waals surface area contributed by atoms with E-state index < -0.39 is 12.3 Å². The minimum Gasteiger partial charge on any atom is -0.481 e. The zero-order valence-corrected chi connectivity index (χ0v) is 14.5. The second-order valence-electron chi connectivity index (χ2n) is 5.23. The molecule has 0 bridgehead atoms. The third-order valence-electron chi connectivity index (χ3n) is 3.98. The summed E-state index contributed by atoms with van der Waals surface area (Å²) in [6, 6.07) is 1.09. The van der Waals surface area contributed by atoms with E-state index in [0.29, 0.717) is 38.0 Å². The average Bonchev–Trinajstić information content (AvgIpc) is 2.65. The van der Waals surface area contributed by atoms with Gasteiger partial charge in [0, 0.05) is 52.7 Å². The number of carbonyl (C=O) groups excluding carboxylic acids is 1. The first-order valence-corrected chi connectivity index (χ1v) is 7.64. The predicted octanol–water partition coefficient (Wildman–Crippen LogP) is -0.232. The molecule has 0 amide bonds. The van der Waals surface area contributed by atoms with E-state index in [2.05, 4.69) is 9.97 Å². The van der Waals surface area contributed by atoms with Crippen LogP contribution >= 0.6 is 0 Å². The summed E-state index contributed by atoms with van der Waals surface area (Å²) in [4.78, 5) is 24.8. The largest absolute Gasteiger partial charge is 0.481 e. The second kappa shape index (κ2) is 8.76. The Hall–Kier alpha value is -1.97. The fourth-order valence-corrected chi connectivity index (χ4v) is 2.71. The zero-order chi connectivity index (χ0) is 17.5. The Morgan fingerprint density at radius 1 is 1.12 bits per heavy atom. The number of esters is 1. The van der Waals surface area contributed by atoms with Crippen molar-refractivity contribution < 1.29 is 23.7 Å². The molecule has 0 aliphatic carbocycles. The van der Waals surface area contributed by atoms with Crippen molar-refractivity contribution in [2.75, 3.05) is 59.5 Å². The average molecular weight is 340 g/mol. The predicted molar refractivity (Wildman–Crippen MR) is 86.0 cm³/mol. The molecule has 0 radical (unpaired) electrons. The number of methoxy groups -OCH3 is 4. The Morgan fingerprint density at radius 3 is 2.33 bits per heavy atom. The molecule has 0 saturated carbocycles. The summed E-state index contributed by atoms with van der Waals surface area (Å²) >= 11 is 0. The van der Waals surface area contributed by atoms with Crippen LogP contribution in [0.25, 0.3) is 0 Å². The van der Waals surface area contributed by atoms with E-state index in [1.165, 1.54) is 21.3 Å². The van der Waals surface area contributed by atoms with Crippen molar-refractivity contribution in [1.29, 1.82) is 0 Å². The van der Waals surface area contributed by atoms with Crippen molar-refractivity contribution in [2.45, 2.75) is 12.3 Å². The minimum atomic E-state index is -0.683. The molecule has 2 heterocycles. The quantitative estimate of drug-likeness (QED) is 0.493. The van der Waals surface area contributed by atoms with Gasteiger partial charge in [-0.2, -0.15) is 4.98 Å². The molecule has 0 spiro atoms. The molecule has 1 aliphatic heterocycles. The maximum Gasteiger partial charge on any atom is 0.328 e. The van der Waals surface area contributed by atoms with Gasteiger partial charge in [0.1, 0.15) is 0 Å². The second-order valence-corrected chi connectivity index (χ2v) is 5.23. The molecule has 1 atom stereocenters. The number of ether oxygens (including phenoxy) is 4. The van der Waals surface area contributed by atoms with Crippen LogP contribution in [0.4, 0.5) is 5.95 Å². The highest BCUT2D eigenvalue weighted by atomic mass is 16.7. The molecule has 0 aromatic carbocycles. The van der Waals surface area contributed by atoms with Gasteiger partial charge >= 0.3 is 5.97 Å². The Bertz CT molecular complexity index is 532. The summed E-state index contributed by atoms with van der Waals surface area (Å²) in [6.45, 7) is 2.59. The molecule has 1 aromatic heterocycles. The Kier molecular flexibility index (Phi) is 6.71. The fraction of sp³-hybridized carbons (Fsp3) is 0.667. The van der Waals surface area contributed by atoms with Gasteiger partial charge in [-0.05, 0) is 0 Å². The standard InChI is InChI=1S/C15H24N4O5/c1-21-11-5-6-16-15(17-11)19-9-7-18(8-10-19)12(13(20)22-2)14(23-3)24-4/h5-6,12,14H,7-10H2,1-4H3/t12-/m0/s1. The topological polar surface area (TPSA) is 86.3 Å². The molecular weight excluding hydrogens is 316 g/mol. The summed E-state index contributed by atoms with van der Waals surface area (Å²) in [5.74, 6) is 0.752. The summed E-state index contributed by atoms with van der Waals surface area (Å²) in [6.07, 6.45) is 0.980. The summed E-state index contributed by atoms with van der Waals surface area (Å²) in [5, 5.41) is 0. The molecule has 1 aromatic rings. The highest BCUT2D eigenvalue weighted by Crippen LogP contribution is 2.18. The van der Waals surface area contributed by atoms with Crippen molar-refractivity contribution in [3.8, 4) is 5.88 Å². The van der Waals surface area contributed by atoms with Crippen molar-refractivity contribution in [2.24, 2.45) is 0 Å². The lowest BCUT2D eigenvalue weighted by Gasteiger charge is -2.39. The molecule has 1 saturated heterocycles. The van der Waals surface area contributed by atoms with E-state index in [4.69, 9.17) is 18.9 Å². The van der Waals surface area contributed by atoms with Gasteiger partial charge in [0.25, 0.3) is 0 Å². The molecule has 9 heteroatoms. The van der Waals surface area contributed by atoms with Crippen molar-refractivity contribution in [1.82, 2.24) is 14.9 Å². The number of carbonyl (C=O) groups is 1. The zero-order valence-electron chi connectivity index (χ0n) is 14.5. The Labute approximate surface area is 141 Å². The molecule has 0 N–H and O–H groups in total. The van der Waals surface area contributed by atoms with E-state index in [-0.39, 0.29) is 5.97 Å². The summed E-state index contributed by atoms with van der Waals surface area (Å²) in [7, 11) is 5.94. The first kappa shape index (κ1) is 18.4. The molecule has 1 aliphatic rings. The first-order valence-electron chi connectivity index (χ1n) is 7.64. The van der Waals surface area contributed by atoms with Crippen LogP contribution in [0.3, 0.4) is 0 Å². The van der Waals surface area contributed by atoms with Crippen LogP contribution in [0.1, 0.15) is 0 Å². The Morgan fingerprint density at radius 2 is 1.79 bits per heavy atom. The Balaban J connectivity index is 2.05. The van der Waals surface area contributed by atoms with Crippen LogP contribution < -0.4 is 9.64 Å². The normalized spacial score (nSPS) is 17.0. The SMILES string of the molecule is COC(=O)[C@@H](C(OC)OC)N1CCN(c2nccc(OC)n2)CC1. The monoisotopic (exact) mass is 340 g/mol. The maximum atomic E-state index is 12.1. The van der Waals surface area contributed by atoms with Gasteiger partial charge < -0.3 is 23.8 Å². The van der Waals surface area contributed by atoms with Gasteiger partial charge in [0.05, 0.1) is 14.2 Å². The lowest BCUT2D eigenvalue weighted by molar-refractivity contribution is -0.179. The smallest absolute Gasteiger partial charge is 0.328 e. The first-order chi connectivity index (χ1) is 11.6. The van der Waals surface area contributed by atoms with Crippen LogP contribution in [0.15, 0.2) is 12.3 Å². The molecule has 134 valence electrons. The van der Waals surface area contributed by atoms with E-state index >= 15 is 0 Å². The van der Waals surface area contributed by atoms with E-state index in [9.17, 15) is 4.79 Å². The van der Waals surface area contributed by atoms with Crippen LogP contribution in [0.5, 0.6) is 5.88 Å². The minimum absolute atomic E-state index is 0.380. The van der Waals surface area contributed by atoms with Crippen molar-refractivity contribution in [3.05, 3.63) is 12.3 Å². The van der Waals surface area contributed by atoms with Gasteiger partial charge in [-0.15, -0.1) is 0 Å². The summed E-state index contributed by atoms with van der Waals surface area (Å²) < 4.78 is 20.5. The number of nitrogens with zero attached hydrogens (tertiary/aromatic N) is 4. The molecule has 0 unspecified atom stereocenters. The lowest BCUT2D eigenvalue weighted by Crippen LogP contribution is -2.57. The van der Waals surface area contributed by atoms with Crippen LogP contribution in [-0.2, 0) is 19.0 Å². The van der Waals surface area contributed by atoms with Gasteiger partial charge in [0.2, 0.25) is 11.8 Å². The van der Waals surface area contributed by atoms with Crippen molar-refractivity contribution >= 4 is 11.9 Å². The number of piperazine rings is 1. The summed E-state index contributed by atoms with van der Waals surface area (Å²) in [5.41, 5.74) is 0. The third kappa shape index (κ3) is 4.11. The highest BCUT2D eigenvalue weighted by Gasteiger charge is 2.37. The van der Waals surface area contributed by atoms with E-state index in [1.807, 2.05) is 9.80 Å². The van der Waals surface area contributed by atoms with Crippen LogP contribution in [-0.4, -0.2) is 87.8 Å². The molecule has 1 fully saturated rings. The molecule has 2 rings (SSSR count). The lowest BCUT2D eigenvalue weighted by atomic mass is 10.2. The number of anilines is 1. The number of rotatable bonds is 7. The highest BCUT2D eigenvalue weighted by molar-refractivity contribution is 5.76. The number of hydrogen-bond acceptors (Lipinski definition) is 9. The van der Waals surface area contributed by atoms with Crippen LogP contribution in [0, 0.1) is 0 Å². The molecule has 24 heavy (non-hydrogen) atoms. The van der Waals surface area contributed by atoms with Gasteiger partial charge in [0.15, 0.2) is 12.3 Å². The van der Waals surface area contributed by atoms with Gasteiger partial charge in [-0.3, -0.25) is 9.69 Å². The number of hydrogen-bond donors (Lipinski definition) is 0. The van der Waals surface area contributed by atoms with Crippen LogP contribution in [0.2, 0.25) is 0 Å². The fourth-order valence-electron chi connectivity index (χ4n) is 2.71. The van der Waals surface area contributed by atoms with Crippen molar-refractivity contribution in [3.63, 3.8) is 0 Å². The van der Waals surface area contributed by atoms with E-state index in [0.717, 1.165) is 0 Å². The van der Waals surface area contributed by atoms with E-state index in [1.54, 1.807) is 19.4 Å². The van der Waals surface area contributed by atoms with Gasteiger partial charge in [-0.25, -0.2) is 4.98 Å².